The Morgan fingerprint density at radius 3 is 1.90 bits per heavy atom. The van der Waals surface area contributed by atoms with Crippen LogP contribution in [-0.4, -0.2) is 38.1 Å². The van der Waals surface area contributed by atoms with E-state index in [0.29, 0.717) is 0 Å². The molecule has 0 saturated heterocycles. The van der Waals surface area contributed by atoms with E-state index in [-0.39, 0.29) is 0 Å². The van der Waals surface area contributed by atoms with Gasteiger partial charge in [0.2, 0.25) is 0 Å². The molecule has 0 saturated carbocycles. The average molecular weight is 398 g/mol. The number of nitrogens with two attached hydrogens (primary N) is 2. The van der Waals surface area contributed by atoms with Crippen molar-refractivity contribution in [2.75, 3.05) is 55.3 Å². The molecule has 2 aromatic carbocycles. The predicted molar refractivity (Wildman–Crippen MR) is 131 cm³/mol. The molecule has 0 unspecified atom stereocenters. The Hall–Kier alpha value is -2.66. The molecule has 0 aliphatic carbocycles. The van der Waals surface area contributed by atoms with Gasteiger partial charge in [-0.05, 0) is 87.8 Å². The van der Waals surface area contributed by atoms with Crippen molar-refractivity contribution >= 4 is 22.7 Å². The number of nitrogens with zero attached hydrogens (tertiary/aromatic N) is 1. The highest BCUT2D eigenvalue weighted by atomic mass is 15.1. The van der Waals surface area contributed by atoms with Gasteiger partial charge in [0.15, 0.2) is 0 Å². The van der Waals surface area contributed by atoms with Crippen LogP contribution in [0.5, 0.6) is 0 Å². The second-order valence-electron chi connectivity index (χ2n) is 7.41. The van der Waals surface area contributed by atoms with Crippen LogP contribution in [-0.2, 0) is 0 Å². The fraction of sp³-hybridized carbons (Fsp3) is 0.417. The van der Waals surface area contributed by atoms with Crippen LogP contribution in [0.15, 0.2) is 49.1 Å². The van der Waals surface area contributed by atoms with Crippen LogP contribution in [0.1, 0.15) is 30.9 Å². The fourth-order valence-electron chi connectivity index (χ4n) is 2.91. The monoisotopic (exact) mass is 397 g/mol. The third-order valence-electron chi connectivity index (χ3n) is 4.54. The van der Waals surface area contributed by atoms with Gasteiger partial charge < -0.3 is 27.0 Å². The van der Waals surface area contributed by atoms with Gasteiger partial charge in [0.05, 0.1) is 0 Å². The Labute approximate surface area is 177 Å². The molecule has 5 nitrogen and oxygen atoms in total. The van der Waals surface area contributed by atoms with E-state index < -0.39 is 0 Å². The molecule has 0 aromatic heterocycles. The van der Waals surface area contributed by atoms with Crippen LogP contribution in [0.4, 0.5) is 22.7 Å². The minimum absolute atomic E-state index is 0.818. The van der Waals surface area contributed by atoms with Crippen molar-refractivity contribution in [3.63, 3.8) is 0 Å². The molecule has 0 radical (unpaired) electrons. The number of hydrogen-bond donors (Lipinski definition) is 4. The molecule has 0 fully saturated rings. The molecular formula is C24H39N5. The third-order valence-corrected chi connectivity index (χ3v) is 4.54. The van der Waals surface area contributed by atoms with Crippen LogP contribution in [0, 0.1) is 13.8 Å². The molecule has 29 heavy (non-hydrogen) atoms. The van der Waals surface area contributed by atoms with E-state index in [1.807, 2.05) is 42.5 Å². The Kier molecular flexibility index (Phi) is 11.4. The minimum Gasteiger partial charge on any atom is -0.399 e. The SMILES string of the molecule is C=CCN(C)CCCNc1ccc(N)cc1C.CCCNc1ccc(N)cc1C. The van der Waals surface area contributed by atoms with Crippen LogP contribution in [0.25, 0.3) is 0 Å². The summed E-state index contributed by atoms with van der Waals surface area (Å²) in [6.45, 7) is 14.0. The van der Waals surface area contributed by atoms with Gasteiger partial charge >= 0.3 is 0 Å². The van der Waals surface area contributed by atoms with Crippen LogP contribution in [0.2, 0.25) is 0 Å². The number of hydrogen-bond acceptors (Lipinski definition) is 5. The topological polar surface area (TPSA) is 79.3 Å². The molecule has 0 bridgehead atoms. The van der Waals surface area contributed by atoms with Gasteiger partial charge in [-0.15, -0.1) is 6.58 Å². The second-order valence-corrected chi connectivity index (χ2v) is 7.41. The predicted octanol–water partition coefficient (Wildman–Crippen LogP) is 4.90. The molecule has 0 spiro atoms. The zero-order chi connectivity index (χ0) is 21.6. The summed E-state index contributed by atoms with van der Waals surface area (Å²) in [5.74, 6) is 0. The maximum atomic E-state index is 5.71. The Balaban J connectivity index is 0.000000308. The van der Waals surface area contributed by atoms with Gasteiger partial charge in [-0.3, -0.25) is 0 Å². The largest absolute Gasteiger partial charge is 0.399 e. The normalized spacial score (nSPS) is 10.2. The van der Waals surface area contributed by atoms with Gasteiger partial charge in [0, 0.05) is 42.4 Å². The summed E-state index contributed by atoms with van der Waals surface area (Å²) in [7, 11) is 2.11. The molecule has 5 heteroatoms. The molecule has 160 valence electrons. The summed E-state index contributed by atoms with van der Waals surface area (Å²) >= 11 is 0. The number of nitrogens with one attached hydrogen (secondary N) is 2. The Morgan fingerprint density at radius 2 is 1.45 bits per heavy atom. The first-order chi connectivity index (χ1) is 13.9. The lowest BCUT2D eigenvalue weighted by Crippen LogP contribution is -2.21. The Bertz CT molecular complexity index is 742. The van der Waals surface area contributed by atoms with E-state index in [4.69, 9.17) is 11.5 Å². The van der Waals surface area contributed by atoms with E-state index in [0.717, 1.165) is 50.4 Å². The van der Waals surface area contributed by atoms with E-state index in [1.54, 1.807) is 0 Å². The molecule has 0 atom stereocenters. The smallest absolute Gasteiger partial charge is 0.0371 e. The van der Waals surface area contributed by atoms with E-state index in [9.17, 15) is 0 Å². The summed E-state index contributed by atoms with van der Waals surface area (Å²) < 4.78 is 0. The second kappa shape index (κ2) is 13.5. The van der Waals surface area contributed by atoms with Crippen molar-refractivity contribution in [2.45, 2.75) is 33.6 Å². The fourth-order valence-corrected chi connectivity index (χ4v) is 2.91. The highest BCUT2D eigenvalue weighted by Gasteiger charge is 1.99. The average Bonchev–Trinajstić information content (AvgIpc) is 2.67. The summed E-state index contributed by atoms with van der Waals surface area (Å²) in [6.07, 6.45) is 4.19. The van der Waals surface area contributed by atoms with Crippen LogP contribution < -0.4 is 22.1 Å². The van der Waals surface area contributed by atoms with Crippen LogP contribution in [0.3, 0.4) is 0 Å². The van der Waals surface area contributed by atoms with Gasteiger partial charge in [-0.25, -0.2) is 0 Å². The summed E-state index contributed by atoms with van der Waals surface area (Å²) in [4.78, 5) is 2.25. The van der Waals surface area contributed by atoms with Gasteiger partial charge in [-0.2, -0.15) is 0 Å². The van der Waals surface area contributed by atoms with Crippen molar-refractivity contribution in [2.24, 2.45) is 0 Å². The van der Waals surface area contributed by atoms with Crippen LogP contribution >= 0.6 is 0 Å². The maximum Gasteiger partial charge on any atom is 0.0371 e. The molecule has 0 aliphatic heterocycles. The quantitative estimate of drug-likeness (QED) is 0.261. The third kappa shape index (κ3) is 9.90. The number of nitrogen functional groups attached to an aromatic ring is 2. The minimum atomic E-state index is 0.818. The van der Waals surface area contributed by atoms with Gasteiger partial charge in [0.25, 0.3) is 0 Å². The lowest BCUT2D eigenvalue weighted by Gasteiger charge is -2.15. The maximum absolute atomic E-state index is 5.71. The van der Waals surface area contributed by atoms with Gasteiger partial charge in [-0.1, -0.05) is 13.0 Å². The number of rotatable bonds is 10. The summed E-state index contributed by atoms with van der Waals surface area (Å²) in [6, 6.07) is 11.9. The number of likely N-dealkylation sites (N-methyl/N-ethyl adjacent to an activating group) is 1. The number of aryl methyl sites for hydroxylation is 2. The first kappa shape index (κ1) is 24.4. The van der Waals surface area contributed by atoms with Crippen molar-refractivity contribution in [3.8, 4) is 0 Å². The molecule has 2 aromatic rings. The zero-order valence-electron chi connectivity index (χ0n) is 18.6. The highest BCUT2D eigenvalue weighted by molar-refractivity contribution is 5.58. The first-order valence-corrected chi connectivity index (χ1v) is 10.4. The summed E-state index contributed by atoms with van der Waals surface area (Å²) in [5.41, 5.74) is 17.8. The molecule has 2 rings (SSSR count). The first-order valence-electron chi connectivity index (χ1n) is 10.4. The van der Waals surface area contributed by atoms with Crippen molar-refractivity contribution in [1.29, 1.82) is 0 Å². The molecule has 0 aliphatic rings. The van der Waals surface area contributed by atoms with Crippen molar-refractivity contribution in [1.82, 2.24) is 4.90 Å². The van der Waals surface area contributed by atoms with Crippen molar-refractivity contribution < 1.29 is 0 Å². The standard InChI is InChI=1S/C14H23N3.C10H16N2/c1-4-9-17(3)10-5-8-16-14-7-6-13(15)11-12(14)2;1-3-6-12-10-5-4-9(11)7-8(10)2/h4,6-7,11,16H,1,5,8-10,15H2,2-3H3;4-5,7,12H,3,6,11H2,1-2H3. The van der Waals surface area contributed by atoms with E-state index in [2.05, 4.69) is 49.9 Å². The summed E-state index contributed by atoms with van der Waals surface area (Å²) in [5, 5.41) is 6.76. The molecule has 6 N–H and O–H groups in total. The molecular weight excluding hydrogens is 358 g/mol. The van der Waals surface area contributed by atoms with E-state index >= 15 is 0 Å². The lowest BCUT2D eigenvalue weighted by atomic mass is 10.2. The van der Waals surface area contributed by atoms with E-state index in [1.165, 1.54) is 22.5 Å². The molecule has 0 heterocycles. The number of benzene rings is 2. The number of anilines is 4. The highest BCUT2D eigenvalue weighted by Crippen LogP contribution is 2.18. The van der Waals surface area contributed by atoms with Gasteiger partial charge in [0.1, 0.15) is 0 Å². The van der Waals surface area contributed by atoms with Crippen molar-refractivity contribution in [3.05, 3.63) is 60.2 Å². The molecule has 0 amide bonds. The Morgan fingerprint density at radius 1 is 0.931 bits per heavy atom. The zero-order valence-corrected chi connectivity index (χ0v) is 18.6. The lowest BCUT2D eigenvalue weighted by molar-refractivity contribution is 0.368.